The molecule has 0 aromatic rings. The Morgan fingerprint density at radius 3 is 2.25 bits per heavy atom. The zero-order valence-electron chi connectivity index (χ0n) is 11.0. The average Bonchev–Trinajstić information content (AvgIpc) is 2.15. The Morgan fingerprint density at radius 1 is 1.31 bits per heavy atom. The molecule has 1 unspecified atom stereocenters. The molecule has 0 radical (unpaired) electrons. The number of nitrogens with zero attached hydrogens (tertiary/aromatic N) is 2. The highest BCUT2D eigenvalue weighted by Crippen LogP contribution is 2.20. The zero-order chi connectivity index (χ0) is 12.5. The molecule has 0 saturated carbocycles. The third-order valence-electron chi connectivity index (χ3n) is 3.32. The molecule has 4 heteroatoms. The number of carboxylic acid groups (broad SMARTS) is 1. The van der Waals surface area contributed by atoms with Crippen LogP contribution in [-0.2, 0) is 4.79 Å². The maximum atomic E-state index is 11.3. The Kier molecular flexibility index (Phi) is 3.97. The SMILES string of the molecule is CC(C)N1CCN(C(C)(C)C)CC1C(=O)O. The van der Waals surface area contributed by atoms with Gasteiger partial charge in [0.2, 0.25) is 0 Å². The molecule has 4 nitrogen and oxygen atoms in total. The molecule has 1 saturated heterocycles. The van der Waals surface area contributed by atoms with Gasteiger partial charge in [-0.3, -0.25) is 14.6 Å². The molecule has 1 fully saturated rings. The van der Waals surface area contributed by atoms with Crippen LogP contribution in [0.4, 0.5) is 0 Å². The van der Waals surface area contributed by atoms with E-state index in [1.807, 2.05) is 0 Å². The lowest BCUT2D eigenvalue weighted by molar-refractivity contribution is -0.148. The molecule has 1 atom stereocenters. The molecule has 1 N–H and O–H groups in total. The van der Waals surface area contributed by atoms with Crippen molar-refractivity contribution in [1.82, 2.24) is 9.80 Å². The van der Waals surface area contributed by atoms with Crippen molar-refractivity contribution in [3.8, 4) is 0 Å². The lowest BCUT2D eigenvalue weighted by Crippen LogP contribution is -2.62. The molecule has 94 valence electrons. The lowest BCUT2D eigenvalue weighted by Gasteiger charge is -2.46. The minimum absolute atomic E-state index is 0.0524. The van der Waals surface area contributed by atoms with Crippen molar-refractivity contribution in [3.05, 3.63) is 0 Å². The fourth-order valence-electron chi connectivity index (χ4n) is 2.24. The van der Waals surface area contributed by atoms with Crippen LogP contribution < -0.4 is 0 Å². The lowest BCUT2D eigenvalue weighted by atomic mass is 10.0. The predicted molar refractivity (Wildman–Crippen MR) is 64.6 cm³/mol. The Morgan fingerprint density at radius 2 is 1.88 bits per heavy atom. The smallest absolute Gasteiger partial charge is 0.322 e. The van der Waals surface area contributed by atoms with Crippen molar-refractivity contribution in [2.45, 2.75) is 52.2 Å². The molecule has 1 rings (SSSR count). The molecule has 0 aliphatic carbocycles. The van der Waals surface area contributed by atoms with Crippen LogP contribution in [0.3, 0.4) is 0 Å². The molecular weight excluding hydrogens is 204 g/mol. The van der Waals surface area contributed by atoms with Gasteiger partial charge in [0, 0.05) is 31.2 Å². The minimum atomic E-state index is -0.706. The monoisotopic (exact) mass is 228 g/mol. The van der Waals surface area contributed by atoms with E-state index in [1.165, 1.54) is 0 Å². The van der Waals surface area contributed by atoms with Crippen molar-refractivity contribution in [3.63, 3.8) is 0 Å². The quantitative estimate of drug-likeness (QED) is 0.773. The Bertz CT molecular complexity index is 258. The van der Waals surface area contributed by atoms with Crippen LogP contribution >= 0.6 is 0 Å². The number of rotatable bonds is 2. The van der Waals surface area contributed by atoms with Gasteiger partial charge in [-0.2, -0.15) is 0 Å². The summed E-state index contributed by atoms with van der Waals surface area (Å²) in [5, 5.41) is 9.27. The van der Waals surface area contributed by atoms with Crippen LogP contribution in [0.1, 0.15) is 34.6 Å². The highest BCUT2D eigenvalue weighted by Gasteiger charge is 2.37. The number of aliphatic carboxylic acids is 1. The molecule has 0 aromatic carbocycles. The third-order valence-corrected chi connectivity index (χ3v) is 3.32. The van der Waals surface area contributed by atoms with E-state index in [2.05, 4.69) is 44.4 Å². The highest BCUT2D eigenvalue weighted by molar-refractivity contribution is 5.74. The van der Waals surface area contributed by atoms with E-state index in [1.54, 1.807) is 0 Å². The number of carbonyl (C=O) groups is 1. The third kappa shape index (κ3) is 2.95. The predicted octanol–water partition coefficient (Wildman–Crippen LogP) is 1.26. The molecule has 16 heavy (non-hydrogen) atoms. The Hall–Kier alpha value is -0.610. The summed E-state index contributed by atoms with van der Waals surface area (Å²) in [6.07, 6.45) is 0. The Labute approximate surface area is 98.2 Å². The van der Waals surface area contributed by atoms with Crippen molar-refractivity contribution in [2.24, 2.45) is 0 Å². The average molecular weight is 228 g/mol. The van der Waals surface area contributed by atoms with Gasteiger partial charge in [0.15, 0.2) is 0 Å². The fourth-order valence-corrected chi connectivity index (χ4v) is 2.24. The summed E-state index contributed by atoms with van der Waals surface area (Å²) >= 11 is 0. The minimum Gasteiger partial charge on any atom is -0.480 e. The van der Waals surface area contributed by atoms with Crippen molar-refractivity contribution in [1.29, 1.82) is 0 Å². The van der Waals surface area contributed by atoms with E-state index in [0.717, 1.165) is 13.1 Å². The second kappa shape index (κ2) is 4.72. The van der Waals surface area contributed by atoms with E-state index < -0.39 is 5.97 Å². The summed E-state index contributed by atoms with van der Waals surface area (Å²) in [5.74, 6) is -0.706. The van der Waals surface area contributed by atoms with E-state index in [-0.39, 0.29) is 11.6 Å². The Balaban J connectivity index is 2.77. The molecule has 1 aliphatic heterocycles. The van der Waals surface area contributed by atoms with Crippen LogP contribution in [0.2, 0.25) is 0 Å². The van der Waals surface area contributed by atoms with Crippen molar-refractivity contribution in [2.75, 3.05) is 19.6 Å². The number of hydrogen-bond acceptors (Lipinski definition) is 3. The second-order valence-corrected chi connectivity index (χ2v) is 5.80. The van der Waals surface area contributed by atoms with Crippen LogP contribution in [0, 0.1) is 0 Å². The first-order valence-corrected chi connectivity index (χ1v) is 5.97. The standard InChI is InChI=1S/C12H24N2O2/c1-9(2)14-7-6-13(12(3,4)5)8-10(14)11(15)16/h9-10H,6-8H2,1-5H3,(H,15,16). The van der Waals surface area contributed by atoms with E-state index in [0.29, 0.717) is 12.6 Å². The summed E-state index contributed by atoms with van der Waals surface area (Å²) in [7, 11) is 0. The van der Waals surface area contributed by atoms with E-state index in [9.17, 15) is 9.90 Å². The first-order chi connectivity index (χ1) is 7.23. The maximum Gasteiger partial charge on any atom is 0.322 e. The molecule has 1 heterocycles. The van der Waals surface area contributed by atoms with Crippen LogP contribution in [0.25, 0.3) is 0 Å². The van der Waals surface area contributed by atoms with Gasteiger partial charge in [-0.15, -0.1) is 0 Å². The summed E-state index contributed by atoms with van der Waals surface area (Å²) in [6.45, 7) is 12.9. The van der Waals surface area contributed by atoms with Gasteiger partial charge < -0.3 is 5.11 Å². The molecular formula is C12H24N2O2. The normalized spacial score (nSPS) is 25.0. The zero-order valence-corrected chi connectivity index (χ0v) is 11.0. The van der Waals surface area contributed by atoms with Gasteiger partial charge >= 0.3 is 5.97 Å². The molecule has 0 amide bonds. The number of hydrogen-bond donors (Lipinski definition) is 1. The molecule has 0 aromatic heterocycles. The second-order valence-electron chi connectivity index (χ2n) is 5.80. The van der Waals surface area contributed by atoms with Crippen molar-refractivity contribution < 1.29 is 9.90 Å². The van der Waals surface area contributed by atoms with Crippen LogP contribution in [-0.4, -0.2) is 58.1 Å². The van der Waals surface area contributed by atoms with Gasteiger partial charge in [-0.1, -0.05) is 0 Å². The van der Waals surface area contributed by atoms with Gasteiger partial charge in [-0.05, 0) is 34.6 Å². The van der Waals surface area contributed by atoms with Gasteiger partial charge in [0.05, 0.1) is 0 Å². The van der Waals surface area contributed by atoms with E-state index >= 15 is 0 Å². The molecule has 0 spiro atoms. The highest BCUT2D eigenvalue weighted by atomic mass is 16.4. The summed E-state index contributed by atoms with van der Waals surface area (Å²) in [6, 6.07) is -0.0730. The largest absolute Gasteiger partial charge is 0.480 e. The van der Waals surface area contributed by atoms with Crippen LogP contribution in [0.15, 0.2) is 0 Å². The molecule has 0 bridgehead atoms. The van der Waals surface area contributed by atoms with E-state index in [4.69, 9.17) is 0 Å². The van der Waals surface area contributed by atoms with Crippen molar-refractivity contribution >= 4 is 5.97 Å². The van der Waals surface area contributed by atoms with Gasteiger partial charge in [0.25, 0.3) is 0 Å². The first kappa shape index (κ1) is 13.5. The topological polar surface area (TPSA) is 43.8 Å². The molecule has 1 aliphatic rings. The van der Waals surface area contributed by atoms with Crippen LogP contribution in [0.5, 0.6) is 0 Å². The fraction of sp³-hybridized carbons (Fsp3) is 0.917. The first-order valence-electron chi connectivity index (χ1n) is 5.97. The van der Waals surface area contributed by atoms with Gasteiger partial charge in [-0.25, -0.2) is 0 Å². The van der Waals surface area contributed by atoms with Gasteiger partial charge in [0.1, 0.15) is 6.04 Å². The number of piperazine rings is 1. The summed E-state index contributed by atoms with van der Waals surface area (Å²) in [4.78, 5) is 15.6. The number of carboxylic acids is 1. The maximum absolute atomic E-state index is 11.3. The summed E-state index contributed by atoms with van der Waals surface area (Å²) < 4.78 is 0. The summed E-state index contributed by atoms with van der Waals surface area (Å²) in [5.41, 5.74) is 0.0524.